The highest BCUT2D eigenvalue weighted by Gasteiger charge is 2.16. The maximum absolute atomic E-state index is 5.92. The third kappa shape index (κ3) is 1.86. The Kier molecular flexibility index (Phi) is 2.67. The molecule has 0 N–H and O–H groups in total. The zero-order chi connectivity index (χ0) is 11.8. The molecule has 0 aromatic carbocycles. The van der Waals surface area contributed by atoms with Gasteiger partial charge in [-0.15, -0.1) is 0 Å². The van der Waals surface area contributed by atoms with Crippen LogP contribution in [0.15, 0.2) is 21.2 Å². The lowest BCUT2D eigenvalue weighted by Crippen LogP contribution is -2.29. The van der Waals surface area contributed by atoms with E-state index in [-0.39, 0.29) is 0 Å². The van der Waals surface area contributed by atoms with Crippen molar-refractivity contribution in [3.8, 4) is 0 Å². The zero-order valence-electron chi connectivity index (χ0n) is 9.86. The largest absolute Gasteiger partial charge is 0.459 e. The second kappa shape index (κ2) is 4.18. The van der Waals surface area contributed by atoms with Gasteiger partial charge in [-0.3, -0.25) is 0 Å². The molecule has 2 aromatic rings. The third-order valence-corrected chi connectivity index (χ3v) is 3.57. The number of piperidine rings is 1. The second-order valence-electron chi connectivity index (χ2n) is 4.57. The van der Waals surface area contributed by atoms with Crippen molar-refractivity contribution in [3.05, 3.63) is 22.4 Å². The average Bonchev–Trinajstić information content (AvgIpc) is 2.73. The van der Waals surface area contributed by atoms with Gasteiger partial charge in [-0.2, -0.15) is 0 Å². The molecule has 1 fully saturated rings. The first-order valence-electron chi connectivity index (χ1n) is 6.02. The van der Waals surface area contributed by atoms with Crippen LogP contribution >= 0.6 is 12.2 Å². The quantitative estimate of drug-likeness (QED) is 0.713. The van der Waals surface area contributed by atoms with Gasteiger partial charge in [-0.05, 0) is 26.2 Å². The zero-order valence-corrected chi connectivity index (χ0v) is 10.7. The molecule has 0 unspecified atom stereocenters. The van der Waals surface area contributed by atoms with Crippen molar-refractivity contribution in [1.29, 1.82) is 0 Å². The highest BCUT2D eigenvalue weighted by molar-refractivity contribution is 7.71. The molecule has 90 valence electrons. The number of aryl methyl sites for hydroxylation is 1. The number of rotatable bonds is 1. The van der Waals surface area contributed by atoms with E-state index in [1.807, 2.05) is 13.0 Å². The molecule has 0 aliphatic carbocycles. The summed E-state index contributed by atoms with van der Waals surface area (Å²) in [7, 11) is 0. The fourth-order valence-electron chi connectivity index (χ4n) is 2.31. The van der Waals surface area contributed by atoms with E-state index in [4.69, 9.17) is 21.1 Å². The fraction of sp³-hybridized carbons (Fsp3) is 0.462. The summed E-state index contributed by atoms with van der Waals surface area (Å²) in [5.41, 5.74) is 2.49. The molecule has 3 nitrogen and oxygen atoms in total. The first-order chi connectivity index (χ1) is 8.25. The van der Waals surface area contributed by atoms with Gasteiger partial charge in [0.1, 0.15) is 0 Å². The molecule has 17 heavy (non-hydrogen) atoms. The van der Waals surface area contributed by atoms with Crippen LogP contribution in [0.5, 0.6) is 0 Å². The number of anilines is 1. The monoisotopic (exact) mass is 249 g/mol. The molecule has 3 heterocycles. The van der Waals surface area contributed by atoms with Gasteiger partial charge in [0.2, 0.25) is 0 Å². The molecule has 0 spiro atoms. The van der Waals surface area contributed by atoms with Gasteiger partial charge in [-0.1, -0.05) is 12.2 Å². The van der Waals surface area contributed by atoms with Gasteiger partial charge in [0.15, 0.2) is 17.1 Å². The Morgan fingerprint density at radius 1 is 1.18 bits per heavy atom. The van der Waals surface area contributed by atoms with E-state index < -0.39 is 0 Å². The molecule has 0 radical (unpaired) electrons. The van der Waals surface area contributed by atoms with E-state index in [1.54, 1.807) is 6.26 Å². The Morgan fingerprint density at radius 3 is 2.71 bits per heavy atom. The Bertz CT molecular complexity index is 593. The van der Waals surface area contributed by atoms with Crippen LogP contribution in [0.4, 0.5) is 5.88 Å². The summed E-state index contributed by atoms with van der Waals surface area (Å²) in [6.07, 6.45) is 5.46. The van der Waals surface area contributed by atoms with Crippen molar-refractivity contribution in [2.24, 2.45) is 0 Å². The average molecular weight is 249 g/mol. The minimum Gasteiger partial charge on any atom is -0.459 e. The number of fused-ring (bicyclic) bond motifs is 1. The number of nitrogens with zero attached hydrogens (tertiary/aromatic N) is 1. The van der Waals surface area contributed by atoms with Crippen LogP contribution in [0.25, 0.3) is 11.2 Å². The lowest BCUT2D eigenvalue weighted by atomic mass is 10.1. The topological polar surface area (TPSA) is 29.5 Å². The highest BCUT2D eigenvalue weighted by atomic mass is 32.1. The normalized spacial score (nSPS) is 16.6. The molecule has 1 aliphatic rings. The highest BCUT2D eigenvalue weighted by Crippen LogP contribution is 2.29. The van der Waals surface area contributed by atoms with E-state index >= 15 is 0 Å². The van der Waals surface area contributed by atoms with Gasteiger partial charge in [0.05, 0.1) is 10.8 Å². The molecule has 0 saturated carbocycles. The lowest BCUT2D eigenvalue weighted by Gasteiger charge is -2.26. The Labute approximate surface area is 105 Å². The summed E-state index contributed by atoms with van der Waals surface area (Å²) in [5.74, 6) is 0.881. The van der Waals surface area contributed by atoms with E-state index in [2.05, 4.69) is 4.90 Å². The lowest BCUT2D eigenvalue weighted by molar-refractivity contribution is 0.510. The minimum atomic E-state index is 0.693. The van der Waals surface area contributed by atoms with Crippen LogP contribution in [-0.2, 0) is 0 Å². The maximum Gasteiger partial charge on any atom is 0.197 e. The molecule has 0 amide bonds. The first kappa shape index (κ1) is 10.8. The minimum absolute atomic E-state index is 0.693. The van der Waals surface area contributed by atoms with Crippen LogP contribution in [0.2, 0.25) is 0 Å². The van der Waals surface area contributed by atoms with Gasteiger partial charge in [0.25, 0.3) is 0 Å². The van der Waals surface area contributed by atoms with Crippen molar-refractivity contribution < 1.29 is 8.83 Å². The number of hydrogen-bond acceptors (Lipinski definition) is 4. The van der Waals surface area contributed by atoms with Crippen molar-refractivity contribution in [2.75, 3.05) is 18.0 Å². The predicted octanol–water partition coefficient (Wildman–Crippen LogP) is 4.05. The third-order valence-electron chi connectivity index (χ3n) is 3.27. The van der Waals surface area contributed by atoms with Crippen LogP contribution in [0.1, 0.15) is 24.8 Å². The van der Waals surface area contributed by atoms with Gasteiger partial charge >= 0.3 is 0 Å². The van der Waals surface area contributed by atoms with Crippen LogP contribution < -0.4 is 4.90 Å². The van der Waals surface area contributed by atoms with Crippen LogP contribution in [0.3, 0.4) is 0 Å². The second-order valence-corrected chi connectivity index (χ2v) is 5.01. The molecule has 1 saturated heterocycles. The summed E-state index contributed by atoms with van der Waals surface area (Å²) < 4.78 is 12.1. The standard InChI is InChI=1S/C13H15NO2S/c1-9-8-15-13-10(17)7-11(16-12(9)13)14-5-3-2-4-6-14/h7-8H,2-6H2,1H3. The fourth-order valence-corrected chi connectivity index (χ4v) is 2.55. The predicted molar refractivity (Wildman–Crippen MR) is 70.1 cm³/mol. The molecule has 3 rings (SSSR count). The summed E-state index contributed by atoms with van der Waals surface area (Å²) in [5, 5.41) is 0. The van der Waals surface area contributed by atoms with Gasteiger partial charge in [-0.25, -0.2) is 0 Å². The van der Waals surface area contributed by atoms with Gasteiger partial charge < -0.3 is 13.7 Å². The van der Waals surface area contributed by atoms with Crippen molar-refractivity contribution in [2.45, 2.75) is 26.2 Å². The summed E-state index contributed by atoms with van der Waals surface area (Å²) >= 11 is 5.34. The molecule has 4 heteroatoms. The van der Waals surface area contributed by atoms with Crippen molar-refractivity contribution >= 4 is 29.3 Å². The van der Waals surface area contributed by atoms with E-state index in [9.17, 15) is 0 Å². The molecule has 1 aliphatic heterocycles. The van der Waals surface area contributed by atoms with Gasteiger partial charge in [0, 0.05) is 24.7 Å². The Morgan fingerprint density at radius 2 is 1.94 bits per heavy atom. The van der Waals surface area contributed by atoms with E-state index in [0.717, 1.165) is 34.6 Å². The van der Waals surface area contributed by atoms with E-state index in [1.165, 1.54) is 19.3 Å². The molecule has 2 aromatic heterocycles. The maximum atomic E-state index is 5.92. The van der Waals surface area contributed by atoms with E-state index in [0.29, 0.717) is 5.58 Å². The smallest absolute Gasteiger partial charge is 0.197 e. The number of furan rings is 1. The van der Waals surface area contributed by atoms with Crippen LogP contribution in [-0.4, -0.2) is 13.1 Å². The Hall–Kier alpha value is -1.29. The molecule has 0 atom stereocenters. The van der Waals surface area contributed by atoms with Crippen molar-refractivity contribution in [1.82, 2.24) is 0 Å². The SMILES string of the molecule is Cc1coc2c(=S)cc(N3CCCCC3)oc12. The van der Waals surface area contributed by atoms with Crippen LogP contribution in [0, 0.1) is 11.4 Å². The summed E-state index contributed by atoms with van der Waals surface area (Å²) in [6, 6.07) is 1.91. The summed E-state index contributed by atoms with van der Waals surface area (Å²) in [4.78, 5) is 2.27. The molecular weight excluding hydrogens is 234 g/mol. The Balaban J connectivity index is 2.10. The number of hydrogen-bond donors (Lipinski definition) is 0. The molecule has 0 bridgehead atoms. The summed E-state index contributed by atoms with van der Waals surface area (Å²) in [6.45, 7) is 4.09. The van der Waals surface area contributed by atoms with Crippen molar-refractivity contribution in [3.63, 3.8) is 0 Å². The molecular formula is C13H15NO2S. The first-order valence-corrected chi connectivity index (χ1v) is 6.43.